The topological polar surface area (TPSA) is 164 Å². The van der Waals surface area contributed by atoms with Gasteiger partial charge >= 0.3 is 23.9 Å². The Morgan fingerprint density at radius 2 is 2.11 bits per heavy atom. The molecular weight excluding hydrogens is 493 g/mol. The molecule has 1 fully saturated rings. The average Bonchev–Trinajstić information content (AvgIpc) is 3.46. The highest BCUT2D eigenvalue weighted by atomic mass is 19.1. The van der Waals surface area contributed by atoms with Crippen LogP contribution >= 0.6 is 0 Å². The maximum absolute atomic E-state index is 14.9. The standard InChI is InChI=1S/C22H20FN7O7/c1-12(31)24-7-15-9-29(22(32)37-15)14-2-3-17(18(23)4-14)13-5-25-20(26-6-13)36-16-8-28-10-19(30(33)34)27-21(28)35-11-16/h2-6,10,15-16H,7-9,11H2,1H3,(H,24,31). The van der Waals surface area contributed by atoms with Crippen LogP contribution < -0.4 is 19.7 Å². The predicted molar refractivity (Wildman–Crippen MR) is 123 cm³/mol. The summed E-state index contributed by atoms with van der Waals surface area (Å²) >= 11 is 0. The second-order valence-corrected chi connectivity index (χ2v) is 8.31. The molecule has 1 N–H and O–H groups in total. The van der Waals surface area contributed by atoms with E-state index in [0.717, 1.165) is 0 Å². The zero-order chi connectivity index (χ0) is 26.1. The van der Waals surface area contributed by atoms with E-state index in [2.05, 4.69) is 20.3 Å². The van der Waals surface area contributed by atoms with Crippen LogP contribution in [0.2, 0.25) is 0 Å². The average molecular weight is 513 g/mol. The van der Waals surface area contributed by atoms with Gasteiger partial charge in [0.05, 0.1) is 25.3 Å². The number of carbonyl (C=O) groups is 2. The Morgan fingerprint density at radius 1 is 1.32 bits per heavy atom. The van der Waals surface area contributed by atoms with Crippen LogP contribution in [0.4, 0.5) is 20.7 Å². The Morgan fingerprint density at radius 3 is 2.81 bits per heavy atom. The lowest BCUT2D eigenvalue weighted by molar-refractivity contribution is -0.389. The van der Waals surface area contributed by atoms with Gasteiger partial charge in [-0.15, -0.1) is 0 Å². The number of nitro groups is 1. The molecule has 0 radical (unpaired) electrons. The zero-order valence-electron chi connectivity index (χ0n) is 19.4. The van der Waals surface area contributed by atoms with E-state index < -0.39 is 29.0 Å². The first-order valence-corrected chi connectivity index (χ1v) is 11.1. The van der Waals surface area contributed by atoms with E-state index in [1.807, 2.05) is 0 Å². The SMILES string of the molecule is CC(=O)NCC1CN(c2ccc(-c3cnc(OC4COc5nc([N+](=O)[O-])cn5C4)nc3)c(F)c2)C(=O)O1. The van der Waals surface area contributed by atoms with Crippen LogP contribution in [-0.2, 0) is 16.1 Å². The van der Waals surface area contributed by atoms with Crippen molar-refractivity contribution in [1.82, 2.24) is 24.8 Å². The van der Waals surface area contributed by atoms with Gasteiger partial charge in [0, 0.05) is 35.4 Å². The summed E-state index contributed by atoms with van der Waals surface area (Å²) in [5.41, 5.74) is 0.916. The molecule has 2 atom stereocenters. The molecule has 2 aromatic heterocycles. The van der Waals surface area contributed by atoms with Gasteiger partial charge in [-0.05, 0) is 23.1 Å². The van der Waals surface area contributed by atoms with Crippen molar-refractivity contribution in [2.24, 2.45) is 0 Å². The number of imidazole rings is 1. The highest BCUT2D eigenvalue weighted by Gasteiger charge is 2.33. The van der Waals surface area contributed by atoms with Gasteiger partial charge in [0.1, 0.15) is 24.7 Å². The minimum absolute atomic E-state index is 0.0254. The monoisotopic (exact) mass is 513 g/mol. The molecule has 0 aliphatic carbocycles. The number of nitrogens with zero attached hydrogens (tertiary/aromatic N) is 6. The van der Waals surface area contributed by atoms with E-state index in [1.54, 1.807) is 6.07 Å². The number of rotatable bonds is 7. The van der Waals surface area contributed by atoms with Crippen LogP contribution in [0.3, 0.4) is 0 Å². The van der Waals surface area contributed by atoms with Gasteiger partial charge in [0.15, 0.2) is 6.10 Å². The summed E-state index contributed by atoms with van der Waals surface area (Å²) in [6.07, 6.45) is 2.36. The maximum atomic E-state index is 14.9. The molecule has 5 rings (SSSR count). The van der Waals surface area contributed by atoms with Crippen molar-refractivity contribution in [3.63, 3.8) is 0 Å². The summed E-state index contributed by atoms with van der Waals surface area (Å²) in [7, 11) is 0. The Bertz CT molecular complexity index is 1360. The lowest BCUT2D eigenvalue weighted by Crippen LogP contribution is -2.34. The van der Waals surface area contributed by atoms with Gasteiger partial charge in [-0.25, -0.2) is 19.2 Å². The van der Waals surface area contributed by atoms with E-state index in [4.69, 9.17) is 14.2 Å². The van der Waals surface area contributed by atoms with E-state index in [1.165, 1.54) is 47.1 Å². The number of hydrogen-bond donors (Lipinski definition) is 1. The Labute approximate surface area is 208 Å². The van der Waals surface area contributed by atoms with Crippen LogP contribution in [0.25, 0.3) is 11.1 Å². The van der Waals surface area contributed by atoms with Crippen LogP contribution in [0, 0.1) is 15.9 Å². The molecule has 2 amide bonds. The summed E-state index contributed by atoms with van der Waals surface area (Å²) in [6, 6.07) is 4.44. The molecule has 37 heavy (non-hydrogen) atoms. The molecule has 1 aromatic carbocycles. The molecule has 2 aliphatic rings. The quantitative estimate of drug-likeness (QED) is 0.363. The first-order chi connectivity index (χ1) is 17.8. The first kappa shape index (κ1) is 23.9. The highest BCUT2D eigenvalue weighted by Crippen LogP contribution is 2.29. The number of nitrogens with one attached hydrogen (secondary N) is 1. The fourth-order valence-corrected chi connectivity index (χ4v) is 3.90. The predicted octanol–water partition coefficient (Wildman–Crippen LogP) is 1.69. The molecule has 4 heterocycles. The van der Waals surface area contributed by atoms with E-state index in [9.17, 15) is 24.1 Å². The molecule has 0 bridgehead atoms. The minimum Gasteiger partial charge on any atom is -0.455 e. The van der Waals surface area contributed by atoms with Crippen molar-refractivity contribution in [1.29, 1.82) is 0 Å². The van der Waals surface area contributed by atoms with Crippen molar-refractivity contribution in [2.45, 2.75) is 25.7 Å². The Kier molecular flexibility index (Phi) is 6.25. The van der Waals surface area contributed by atoms with E-state index in [0.29, 0.717) is 11.3 Å². The van der Waals surface area contributed by atoms with Gasteiger partial charge in [0.2, 0.25) is 5.91 Å². The number of anilines is 1. The molecule has 0 saturated carbocycles. The van der Waals surface area contributed by atoms with Crippen LogP contribution in [0.1, 0.15) is 6.92 Å². The van der Waals surface area contributed by atoms with E-state index in [-0.39, 0.29) is 55.6 Å². The van der Waals surface area contributed by atoms with Gasteiger partial charge in [0.25, 0.3) is 0 Å². The van der Waals surface area contributed by atoms with Gasteiger partial charge < -0.3 is 29.6 Å². The molecule has 14 nitrogen and oxygen atoms in total. The third kappa shape index (κ3) is 5.10. The molecule has 1 saturated heterocycles. The second kappa shape index (κ2) is 9.67. The number of amides is 2. The number of cyclic esters (lactones) is 1. The van der Waals surface area contributed by atoms with E-state index >= 15 is 0 Å². The van der Waals surface area contributed by atoms with Crippen molar-refractivity contribution in [3.05, 3.63) is 52.7 Å². The number of ether oxygens (including phenoxy) is 3. The van der Waals surface area contributed by atoms with Crippen LogP contribution in [-0.4, -0.2) is 68.3 Å². The summed E-state index contributed by atoms with van der Waals surface area (Å²) in [4.78, 5) is 46.9. The highest BCUT2D eigenvalue weighted by molar-refractivity contribution is 5.90. The second-order valence-electron chi connectivity index (χ2n) is 8.31. The Balaban J connectivity index is 1.23. The minimum atomic E-state index is -0.628. The summed E-state index contributed by atoms with van der Waals surface area (Å²) < 4.78 is 32.7. The number of carbonyl (C=O) groups excluding carboxylic acids is 2. The molecule has 3 aromatic rings. The first-order valence-electron chi connectivity index (χ1n) is 11.1. The number of hydrogen-bond acceptors (Lipinski definition) is 10. The number of fused-ring (bicyclic) bond motifs is 1. The van der Waals surface area contributed by atoms with Crippen molar-refractivity contribution >= 4 is 23.5 Å². The lowest BCUT2D eigenvalue weighted by Gasteiger charge is -2.22. The summed E-state index contributed by atoms with van der Waals surface area (Å²) in [6.45, 7) is 2.05. The molecular formula is C22H20FN7O7. The van der Waals surface area contributed by atoms with Crippen molar-refractivity contribution in [3.8, 4) is 23.1 Å². The Hall–Kier alpha value is -4.82. The number of aromatic nitrogens is 4. The normalized spacial score (nSPS) is 18.5. The number of benzene rings is 1. The molecule has 0 spiro atoms. The smallest absolute Gasteiger partial charge is 0.414 e. The van der Waals surface area contributed by atoms with Crippen LogP contribution in [0.15, 0.2) is 36.8 Å². The summed E-state index contributed by atoms with van der Waals surface area (Å²) in [5, 5.41) is 13.5. The third-order valence-corrected chi connectivity index (χ3v) is 5.64. The fourth-order valence-electron chi connectivity index (χ4n) is 3.90. The van der Waals surface area contributed by atoms with Gasteiger partial charge in [-0.3, -0.25) is 14.3 Å². The largest absolute Gasteiger partial charge is 0.455 e. The maximum Gasteiger partial charge on any atom is 0.414 e. The van der Waals surface area contributed by atoms with Crippen molar-refractivity contribution < 1.29 is 33.1 Å². The van der Waals surface area contributed by atoms with Gasteiger partial charge in [-0.1, -0.05) is 0 Å². The van der Waals surface area contributed by atoms with Crippen LogP contribution in [0.5, 0.6) is 12.0 Å². The molecule has 15 heteroatoms. The van der Waals surface area contributed by atoms with Crippen molar-refractivity contribution in [2.75, 3.05) is 24.6 Å². The molecule has 2 unspecified atom stereocenters. The fraction of sp³-hybridized carbons (Fsp3) is 0.318. The lowest BCUT2D eigenvalue weighted by atomic mass is 10.1. The summed E-state index contributed by atoms with van der Waals surface area (Å²) in [5.74, 6) is -1.16. The molecule has 192 valence electrons. The molecule has 2 aliphatic heterocycles. The zero-order valence-corrected chi connectivity index (χ0v) is 19.4. The number of halogens is 1. The third-order valence-electron chi connectivity index (χ3n) is 5.64. The van der Waals surface area contributed by atoms with Gasteiger partial charge in [-0.2, -0.15) is 0 Å².